The van der Waals surface area contributed by atoms with Crippen LogP contribution in [0.1, 0.15) is 63.4 Å². The summed E-state index contributed by atoms with van der Waals surface area (Å²) in [6, 6.07) is 6.10. The summed E-state index contributed by atoms with van der Waals surface area (Å²) in [5.41, 5.74) is 1.32. The molecule has 0 radical (unpaired) electrons. The van der Waals surface area contributed by atoms with Gasteiger partial charge in [-0.1, -0.05) is 37.8 Å². The van der Waals surface area contributed by atoms with Crippen molar-refractivity contribution in [3.63, 3.8) is 0 Å². The third-order valence-corrected chi connectivity index (χ3v) is 4.43. The van der Waals surface area contributed by atoms with Crippen molar-refractivity contribution >= 4 is 11.6 Å². The highest BCUT2D eigenvalue weighted by Gasteiger charge is 2.19. The molecule has 21 heavy (non-hydrogen) atoms. The number of nitrogens with one attached hydrogen (secondary N) is 1. The van der Waals surface area contributed by atoms with Crippen LogP contribution in [-0.2, 0) is 0 Å². The number of benzene rings is 1. The van der Waals surface area contributed by atoms with Crippen molar-refractivity contribution in [1.82, 2.24) is 5.32 Å². The second-order valence-electron chi connectivity index (χ2n) is 5.97. The van der Waals surface area contributed by atoms with Gasteiger partial charge in [0.2, 0.25) is 0 Å². The van der Waals surface area contributed by atoms with Crippen LogP contribution in [0.5, 0.6) is 5.75 Å². The smallest absolute Gasteiger partial charge is 0.122 e. The molecule has 0 heterocycles. The van der Waals surface area contributed by atoms with Crippen LogP contribution in [-0.4, -0.2) is 19.7 Å². The molecule has 2 nitrogen and oxygen atoms in total. The van der Waals surface area contributed by atoms with E-state index >= 15 is 0 Å². The van der Waals surface area contributed by atoms with E-state index in [2.05, 4.69) is 18.3 Å². The van der Waals surface area contributed by atoms with Gasteiger partial charge in [-0.25, -0.2) is 0 Å². The van der Waals surface area contributed by atoms with Crippen molar-refractivity contribution in [3.05, 3.63) is 28.8 Å². The molecule has 0 spiro atoms. The molecule has 0 saturated heterocycles. The van der Waals surface area contributed by atoms with Gasteiger partial charge in [0.25, 0.3) is 0 Å². The van der Waals surface area contributed by atoms with E-state index in [9.17, 15) is 0 Å². The van der Waals surface area contributed by atoms with E-state index in [0.29, 0.717) is 5.92 Å². The Hall–Kier alpha value is -0.730. The summed E-state index contributed by atoms with van der Waals surface area (Å²) in [5.74, 6) is 1.67. The third kappa shape index (κ3) is 5.52. The Balaban J connectivity index is 1.88. The Labute approximate surface area is 134 Å². The maximum absolute atomic E-state index is 6.19. The maximum Gasteiger partial charge on any atom is 0.122 e. The van der Waals surface area contributed by atoms with Gasteiger partial charge in [0, 0.05) is 5.02 Å². The molecule has 2 rings (SSSR count). The van der Waals surface area contributed by atoms with E-state index in [1.165, 1.54) is 44.1 Å². The van der Waals surface area contributed by atoms with Crippen LogP contribution >= 0.6 is 11.6 Å². The summed E-state index contributed by atoms with van der Waals surface area (Å²) in [6.45, 7) is 5.08. The van der Waals surface area contributed by atoms with Crippen LogP contribution < -0.4 is 10.1 Å². The van der Waals surface area contributed by atoms with Crippen LogP contribution in [0, 0.1) is 0 Å². The average Bonchev–Trinajstić information content (AvgIpc) is 2.53. The lowest BCUT2D eigenvalue weighted by Gasteiger charge is -2.24. The van der Waals surface area contributed by atoms with E-state index in [4.69, 9.17) is 16.3 Å². The lowest BCUT2D eigenvalue weighted by molar-refractivity contribution is 0.300. The van der Waals surface area contributed by atoms with Crippen molar-refractivity contribution < 1.29 is 4.74 Å². The summed E-state index contributed by atoms with van der Waals surface area (Å²) in [4.78, 5) is 0. The zero-order valence-electron chi connectivity index (χ0n) is 13.2. The predicted octanol–water partition coefficient (Wildman–Crippen LogP) is 5.16. The Morgan fingerprint density at radius 2 is 2.00 bits per heavy atom. The fraction of sp³-hybridized carbons (Fsp3) is 0.667. The Bertz CT molecular complexity index is 416. The molecular weight excluding hydrogens is 282 g/mol. The highest BCUT2D eigenvalue weighted by Crippen LogP contribution is 2.38. The molecule has 1 aliphatic carbocycles. The van der Waals surface area contributed by atoms with Crippen LogP contribution in [0.25, 0.3) is 0 Å². The van der Waals surface area contributed by atoms with Crippen LogP contribution in [0.15, 0.2) is 18.2 Å². The van der Waals surface area contributed by atoms with Crippen molar-refractivity contribution in [3.8, 4) is 5.75 Å². The summed E-state index contributed by atoms with van der Waals surface area (Å²) in [5, 5.41) is 4.23. The van der Waals surface area contributed by atoms with Crippen LogP contribution in [0.2, 0.25) is 5.02 Å². The van der Waals surface area contributed by atoms with Crippen molar-refractivity contribution in [2.45, 2.75) is 57.8 Å². The normalized spacial score (nSPS) is 16.1. The van der Waals surface area contributed by atoms with Gasteiger partial charge in [-0.3, -0.25) is 0 Å². The molecule has 0 unspecified atom stereocenters. The lowest BCUT2D eigenvalue weighted by atomic mass is 9.84. The van der Waals surface area contributed by atoms with E-state index in [1.807, 2.05) is 12.1 Å². The van der Waals surface area contributed by atoms with Gasteiger partial charge in [0.1, 0.15) is 5.75 Å². The minimum atomic E-state index is 0.630. The first-order valence-corrected chi connectivity index (χ1v) is 8.82. The van der Waals surface area contributed by atoms with Crippen LogP contribution in [0.3, 0.4) is 0 Å². The largest absolute Gasteiger partial charge is 0.493 e. The molecule has 1 fully saturated rings. The molecular formula is C18H28ClNO. The molecule has 1 aromatic rings. The standard InChI is InChI=1S/C18H28ClNO/c1-2-11-20-12-6-13-21-18-10-9-16(19)14-17(18)15-7-4-3-5-8-15/h9-10,14-15,20H,2-8,11-13H2,1H3. The van der Waals surface area contributed by atoms with Gasteiger partial charge in [-0.15, -0.1) is 0 Å². The van der Waals surface area contributed by atoms with Gasteiger partial charge in [0.05, 0.1) is 6.61 Å². The second-order valence-corrected chi connectivity index (χ2v) is 6.41. The summed E-state index contributed by atoms with van der Waals surface area (Å²) >= 11 is 6.19. The predicted molar refractivity (Wildman–Crippen MR) is 90.6 cm³/mol. The Morgan fingerprint density at radius 1 is 1.19 bits per heavy atom. The van der Waals surface area contributed by atoms with Gasteiger partial charge in [0.15, 0.2) is 0 Å². The highest BCUT2D eigenvalue weighted by atomic mass is 35.5. The summed E-state index contributed by atoms with van der Waals surface area (Å²) in [7, 11) is 0. The van der Waals surface area contributed by atoms with Crippen molar-refractivity contribution in [1.29, 1.82) is 0 Å². The molecule has 118 valence electrons. The van der Waals surface area contributed by atoms with Gasteiger partial charge in [-0.2, -0.15) is 0 Å². The van der Waals surface area contributed by atoms with Crippen LogP contribution in [0.4, 0.5) is 0 Å². The number of hydrogen-bond acceptors (Lipinski definition) is 2. The van der Waals surface area contributed by atoms with E-state index < -0.39 is 0 Å². The first kappa shape index (κ1) is 16.6. The molecule has 3 heteroatoms. The van der Waals surface area contributed by atoms with Crippen molar-refractivity contribution in [2.75, 3.05) is 19.7 Å². The molecule has 0 aromatic heterocycles. The highest BCUT2D eigenvalue weighted by molar-refractivity contribution is 6.30. The van der Waals surface area contributed by atoms with Gasteiger partial charge < -0.3 is 10.1 Å². The third-order valence-electron chi connectivity index (χ3n) is 4.20. The van der Waals surface area contributed by atoms with Gasteiger partial charge >= 0.3 is 0 Å². The minimum Gasteiger partial charge on any atom is -0.493 e. The molecule has 0 aliphatic heterocycles. The molecule has 1 aromatic carbocycles. The summed E-state index contributed by atoms with van der Waals surface area (Å²) < 4.78 is 6.03. The minimum absolute atomic E-state index is 0.630. The number of hydrogen-bond donors (Lipinski definition) is 1. The first-order valence-electron chi connectivity index (χ1n) is 8.44. The number of halogens is 1. The molecule has 1 saturated carbocycles. The summed E-state index contributed by atoms with van der Waals surface area (Å²) in [6.07, 6.45) is 8.81. The zero-order chi connectivity index (χ0) is 14.9. The lowest BCUT2D eigenvalue weighted by Crippen LogP contribution is -2.18. The second kappa shape index (κ2) is 9.32. The Kier molecular flexibility index (Phi) is 7.38. The fourth-order valence-electron chi connectivity index (χ4n) is 3.06. The molecule has 0 bridgehead atoms. The SMILES string of the molecule is CCCNCCCOc1ccc(Cl)cc1C1CCCCC1. The maximum atomic E-state index is 6.19. The van der Waals surface area contributed by atoms with E-state index in [1.54, 1.807) is 0 Å². The molecule has 1 N–H and O–H groups in total. The monoisotopic (exact) mass is 309 g/mol. The van der Waals surface area contributed by atoms with Crippen molar-refractivity contribution in [2.24, 2.45) is 0 Å². The zero-order valence-corrected chi connectivity index (χ0v) is 13.9. The topological polar surface area (TPSA) is 21.3 Å². The average molecular weight is 310 g/mol. The Morgan fingerprint density at radius 3 is 2.76 bits per heavy atom. The fourth-order valence-corrected chi connectivity index (χ4v) is 3.25. The number of rotatable bonds is 8. The van der Waals surface area contributed by atoms with E-state index in [0.717, 1.165) is 36.9 Å². The molecule has 0 atom stereocenters. The molecule has 1 aliphatic rings. The quantitative estimate of drug-likeness (QED) is 0.670. The number of ether oxygens (including phenoxy) is 1. The van der Waals surface area contributed by atoms with E-state index in [-0.39, 0.29) is 0 Å². The first-order chi connectivity index (χ1) is 10.3. The molecule has 0 amide bonds. The van der Waals surface area contributed by atoms with Gasteiger partial charge in [-0.05, 0) is 68.5 Å².